The van der Waals surface area contributed by atoms with E-state index in [4.69, 9.17) is 10.9 Å². The Balaban J connectivity index is 2.15. The van der Waals surface area contributed by atoms with Crippen LogP contribution in [0.4, 0.5) is 5.69 Å². The zero-order chi connectivity index (χ0) is 14.4. The van der Waals surface area contributed by atoms with E-state index in [-0.39, 0.29) is 5.84 Å². The largest absolute Gasteiger partial charge is 0.409 e. The third-order valence-corrected chi connectivity index (χ3v) is 4.07. The molecule has 1 aromatic heterocycles. The molecule has 0 amide bonds. The molecule has 1 aromatic rings. The monoisotopic (exact) mass is 276 g/mol. The first kappa shape index (κ1) is 14.6. The second-order valence-electron chi connectivity index (χ2n) is 5.45. The van der Waals surface area contributed by atoms with Gasteiger partial charge >= 0.3 is 0 Å². The summed E-state index contributed by atoms with van der Waals surface area (Å²) in [6.45, 7) is 4.28. The van der Waals surface area contributed by atoms with E-state index in [9.17, 15) is 0 Å². The van der Waals surface area contributed by atoms with Crippen molar-refractivity contribution >= 4 is 11.5 Å². The lowest BCUT2D eigenvalue weighted by Gasteiger charge is -2.24. The van der Waals surface area contributed by atoms with Crippen LogP contribution in [0.3, 0.4) is 0 Å². The number of nitrogens with zero attached hydrogens (tertiary/aromatic N) is 3. The highest BCUT2D eigenvalue weighted by atomic mass is 16.4. The zero-order valence-electron chi connectivity index (χ0n) is 12.1. The average Bonchev–Trinajstić information content (AvgIpc) is 2.72. The van der Waals surface area contributed by atoms with Gasteiger partial charge in [-0.25, -0.2) is 0 Å². The Kier molecular flexibility index (Phi) is 5.21. The summed E-state index contributed by atoms with van der Waals surface area (Å²) in [5, 5.41) is 12.0. The van der Waals surface area contributed by atoms with E-state index in [1.54, 1.807) is 12.3 Å². The highest BCUT2D eigenvalue weighted by Gasteiger charge is 2.19. The van der Waals surface area contributed by atoms with Gasteiger partial charge in [-0.2, -0.15) is 0 Å². The molecule has 2 heterocycles. The highest BCUT2D eigenvalue weighted by Crippen LogP contribution is 2.27. The van der Waals surface area contributed by atoms with Crippen molar-refractivity contribution in [2.45, 2.75) is 39.0 Å². The Hall–Kier alpha value is -1.78. The van der Waals surface area contributed by atoms with Crippen LogP contribution in [0.15, 0.2) is 23.6 Å². The summed E-state index contributed by atoms with van der Waals surface area (Å²) in [4.78, 5) is 6.50. The molecular weight excluding hydrogens is 252 g/mol. The van der Waals surface area contributed by atoms with Gasteiger partial charge in [-0.1, -0.05) is 24.9 Å². The maximum absolute atomic E-state index is 8.90. The molecule has 1 fully saturated rings. The second kappa shape index (κ2) is 7.12. The minimum atomic E-state index is 0.150. The maximum atomic E-state index is 8.90. The molecule has 0 aromatic carbocycles. The number of hydrogen-bond donors (Lipinski definition) is 2. The van der Waals surface area contributed by atoms with Gasteiger partial charge in [0.1, 0.15) is 0 Å². The van der Waals surface area contributed by atoms with Crippen LogP contribution in [0, 0.1) is 5.92 Å². The van der Waals surface area contributed by atoms with Crippen molar-refractivity contribution in [3.63, 3.8) is 0 Å². The van der Waals surface area contributed by atoms with Crippen molar-refractivity contribution in [2.24, 2.45) is 16.8 Å². The summed E-state index contributed by atoms with van der Waals surface area (Å²) in [5.74, 6) is 0.978. The molecule has 1 unspecified atom stereocenters. The number of amidine groups is 1. The first-order valence-corrected chi connectivity index (χ1v) is 7.43. The summed E-state index contributed by atoms with van der Waals surface area (Å²) in [7, 11) is 0. The maximum Gasteiger partial charge on any atom is 0.172 e. The van der Waals surface area contributed by atoms with Crippen LogP contribution in [0.2, 0.25) is 0 Å². The molecule has 5 nitrogen and oxygen atoms in total. The lowest BCUT2D eigenvalue weighted by molar-refractivity contribution is 0.318. The van der Waals surface area contributed by atoms with Crippen molar-refractivity contribution in [1.29, 1.82) is 0 Å². The highest BCUT2D eigenvalue weighted by molar-refractivity contribution is 6.02. The van der Waals surface area contributed by atoms with Crippen molar-refractivity contribution < 1.29 is 5.21 Å². The Bertz CT molecular complexity index is 461. The molecule has 3 N–H and O–H groups in total. The average molecular weight is 276 g/mol. The Morgan fingerprint density at radius 2 is 2.35 bits per heavy atom. The number of anilines is 1. The topological polar surface area (TPSA) is 74.7 Å². The van der Waals surface area contributed by atoms with Crippen LogP contribution in [0.5, 0.6) is 0 Å². The molecule has 1 atom stereocenters. The molecule has 0 bridgehead atoms. The molecule has 0 saturated carbocycles. The number of pyridine rings is 1. The minimum absolute atomic E-state index is 0.150. The predicted molar refractivity (Wildman–Crippen MR) is 81.2 cm³/mol. The Morgan fingerprint density at radius 3 is 3.10 bits per heavy atom. The molecule has 1 saturated heterocycles. The van der Waals surface area contributed by atoms with E-state index in [0.29, 0.717) is 0 Å². The number of rotatable bonds is 4. The normalized spacial score (nSPS) is 20.8. The van der Waals surface area contributed by atoms with Gasteiger partial charge in [-0.15, -0.1) is 0 Å². The quantitative estimate of drug-likeness (QED) is 0.383. The van der Waals surface area contributed by atoms with Crippen LogP contribution >= 0.6 is 0 Å². The first-order valence-electron chi connectivity index (χ1n) is 7.43. The zero-order valence-corrected chi connectivity index (χ0v) is 12.1. The third-order valence-electron chi connectivity index (χ3n) is 4.07. The summed E-state index contributed by atoms with van der Waals surface area (Å²) in [5.41, 5.74) is 7.49. The molecule has 0 aliphatic carbocycles. The number of aromatic nitrogens is 1. The van der Waals surface area contributed by atoms with E-state index < -0.39 is 0 Å². The van der Waals surface area contributed by atoms with Crippen molar-refractivity contribution in [3.8, 4) is 0 Å². The number of nitrogens with two attached hydrogens (primary N) is 1. The predicted octanol–water partition coefficient (Wildman–Crippen LogP) is 2.58. The fourth-order valence-corrected chi connectivity index (χ4v) is 3.01. The van der Waals surface area contributed by atoms with Gasteiger partial charge in [-0.05, 0) is 31.2 Å². The lowest BCUT2D eigenvalue weighted by Crippen LogP contribution is -2.28. The van der Waals surface area contributed by atoms with E-state index in [1.165, 1.54) is 32.1 Å². The van der Waals surface area contributed by atoms with Crippen LogP contribution in [0.1, 0.15) is 44.6 Å². The van der Waals surface area contributed by atoms with Gasteiger partial charge in [-0.3, -0.25) is 4.98 Å². The van der Waals surface area contributed by atoms with E-state index in [0.717, 1.165) is 30.3 Å². The molecule has 1 aliphatic rings. The molecule has 0 radical (unpaired) electrons. The molecule has 2 rings (SSSR count). The summed E-state index contributed by atoms with van der Waals surface area (Å²) in [6, 6.07) is 1.80. The number of hydrogen-bond acceptors (Lipinski definition) is 4. The van der Waals surface area contributed by atoms with Crippen molar-refractivity contribution in [3.05, 3.63) is 24.0 Å². The Labute approximate surface area is 120 Å². The molecule has 110 valence electrons. The fraction of sp³-hybridized carbons (Fsp3) is 0.600. The SMILES string of the molecule is CCCC1CCCN(c2cnccc2/C(N)=N/O)CC1. The molecule has 0 spiro atoms. The third kappa shape index (κ3) is 3.40. The van der Waals surface area contributed by atoms with Gasteiger partial charge in [0.2, 0.25) is 0 Å². The van der Waals surface area contributed by atoms with Gasteiger partial charge in [0.05, 0.1) is 11.9 Å². The van der Waals surface area contributed by atoms with E-state index >= 15 is 0 Å². The standard InChI is InChI=1S/C15H24N4O/c1-2-4-12-5-3-9-19(10-7-12)14-11-17-8-6-13(14)15(16)18-20/h6,8,11-12,20H,2-5,7,9-10H2,1H3,(H2,16,18). The van der Waals surface area contributed by atoms with Crippen molar-refractivity contribution in [1.82, 2.24) is 4.98 Å². The summed E-state index contributed by atoms with van der Waals surface area (Å²) < 4.78 is 0. The molecule has 20 heavy (non-hydrogen) atoms. The van der Waals surface area contributed by atoms with Gasteiger partial charge in [0.15, 0.2) is 5.84 Å². The van der Waals surface area contributed by atoms with Crippen LogP contribution < -0.4 is 10.6 Å². The molecule has 1 aliphatic heterocycles. The Morgan fingerprint density at radius 1 is 1.50 bits per heavy atom. The van der Waals surface area contributed by atoms with E-state index in [2.05, 4.69) is 22.0 Å². The first-order chi connectivity index (χ1) is 9.76. The van der Waals surface area contributed by atoms with Crippen molar-refractivity contribution in [2.75, 3.05) is 18.0 Å². The van der Waals surface area contributed by atoms with E-state index in [1.807, 2.05) is 6.20 Å². The second-order valence-corrected chi connectivity index (χ2v) is 5.45. The lowest BCUT2D eigenvalue weighted by atomic mass is 9.96. The van der Waals surface area contributed by atoms with Crippen LogP contribution in [-0.4, -0.2) is 29.1 Å². The van der Waals surface area contributed by atoms with Gasteiger partial charge in [0.25, 0.3) is 0 Å². The molecular formula is C15H24N4O. The van der Waals surface area contributed by atoms with Crippen LogP contribution in [0.25, 0.3) is 0 Å². The smallest absolute Gasteiger partial charge is 0.172 e. The van der Waals surface area contributed by atoms with Gasteiger partial charge < -0.3 is 15.8 Å². The van der Waals surface area contributed by atoms with Crippen LogP contribution in [-0.2, 0) is 0 Å². The fourth-order valence-electron chi connectivity index (χ4n) is 3.01. The summed E-state index contributed by atoms with van der Waals surface area (Å²) in [6.07, 6.45) is 9.75. The number of oxime groups is 1. The summed E-state index contributed by atoms with van der Waals surface area (Å²) >= 11 is 0. The molecule has 5 heteroatoms. The minimum Gasteiger partial charge on any atom is -0.409 e. The van der Waals surface area contributed by atoms with Gasteiger partial charge in [0, 0.05) is 24.8 Å².